The molecule has 2 aliphatic rings. The minimum atomic E-state index is -0.808. The molecule has 2 rings (SSSR count). The Labute approximate surface area is 124 Å². The third kappa shape index (κ3) is 2.82. The summed E-state index contributed by atoms with van der Waals surface area (Å²) in [5.74, 6) is -1.19. The molecule has 0 bridgehead atoms. The topological polar surface area (TPSA) is 104 Å². The van der Waals surface area contributed by atoms with E-state index >= 15 is 0 Å². The Balaban J connectivity index is 1.95. The highest BCUT2D eigenvalue weighted by atomic mass is 16.4. The molecule has 2 heterocycles. The van der Waals surface area contributed by atoms with Crippen molar-refractivity contribution in [3.63, 3.8) is 0 Å². The van der Waals surface area contributed by atoms with Gasteiger partial charge in [-0.2, -0.15) is 0 Å². The normalized spacial score (nSPS) is 28.5. The van der Waals surface area contributed by atoms with Gasteiger partial charge in [-0.15, -0.1) is 0 Å². The predicted molar refractivity (Wildman–Crippen MR) is 75.4 cm³/mol. The Bertz CT molecular complexity index is 471. The number of rotatable bonds is 2. The molecule has 0 aromatic carbocycles. The molecule has 7 nitrogen and oxygen atoms in total. The number of carbonyl (C=O) groups excluding carboxylic acids is 2. The number of hydrogen-bond donors (Lipinski definition) is 2. The Morgan fingerprint density at radius 2 is 1.43 bits per heavy atom. The number of hydrogen-bond acceptors (Lipinski definition) is 3. The first-order valence-corrected chi connectivity index (χ1v) is 7.25. The van der Waals surface area contributed by atoms with Gasteiger partial charge < -0.3 is 20.6 Å². The third-order valence-corrected chi connectivity index (χ3v) is 4.99. The summed E-state index contributed by atoms with van der Waals surface area (Å²) >= 11 is 0. The van der Waals surface area contributed by atoms with E-state index in [-0.39, 0.29) is 11.9 Å². The van der Waals surface area contributed by atoms with Crippen LogP contribution in [0.5, 0.6) is 0 Å². The summed E-state index contributed by atoms with van der Waals surface area (Å²) in [5.41, 5.74) is 3.99. The minimum absolute atomic E-state index is 0.118. The molecule has 1 unspecified atom stereocenters. The standard InChI is InChI=1S/C14H23N3O4/c1-13(11(19)20)3-6-16(7-4-13)12(21)17-8-5-14(2,9-17)10(15)18/h3-9H2,1-2H3,(H2,15,18)(H,19,20). The maximum absolute atomic E-state index is 12.4. The van der Waals surface area contributed by atoms with Gasteiger partial charge in [-0.1, -0.05) is 0 Å². The summed E-state index contributed by atoms with van der Waals surface area (Å²) in [6, 6.07) is -0.118. The van der Waals surface area contributed by atoms with Gasteiger partial charge in [-0.05, 0) is 33.1 Å². The first-order chi connectivity index (χ1) is 9.68. The highest BCUT2D eigenvalue weighted by Gasteiger charge is 2.43. The average molecular weight is 297 g/mol. The number of primary amides is 1. The van der Waals surface area contributed by atoms with Crippen LogP contribution in [0.25, 0.3) is 0 Å². The van der Waals surface area contributed by atoms with Crippen molar-refractivity contribution in [1.82, 2.24) is 9.80 Å². The lowest BCUT2D eigenvalue weighted by Crippen LogP contribution is -2.50. The van der Waals surface area contributed by atoms with E-state index in [1.54, 1.807) is 23.6 Å². The molecule has 0 radical (unpaired) electrons. The second-order valence-electron chi connectivity index (χ2n) is 6.73. The van der Waals surface area contributed by atoms with Gasteiger partial charge in [0.2, 0.25) is 5.91 Å². The lowest BCUT2D eigenvalue weighted by atomic mass is 9.80. The van der Waals surface area contributed by atoms with Crippen molar-refractivity contribution in [2.24, 2.45) is 16.6 Å². The van der Waals surface area contributed by atoms with Gasteiger partial charge in [0.15, 0.2) is 0 Å². The van der Waals surface area contributed by atoms with Gasteiger partial charge in [0, 0.05) is 26.2 Å². The molecule has 3 N–H and O–H groups in total. The van der Waals surface area contributed by atoms with Gasteiger partial charge in [0.1, 0.15) is 0 Å². The number of likely N-dealkylation sites (tertiary alicyclic amines) is 2. The largest absolute Gasteiger partial charge is 0.481 e. The van der Waals surface area contributed by atoms with Crippen molar-refractivity contribution in [2.45, 2.75) is 33.1 Å². The zero-order valence-electron chi connectivity index (χ0n) is 12.6. The molecule has 21 heavy (non-hydrogen) atoms. The van der Waals surface area contributed by atoms with Crippen molar-refractivity contribution in [3.8, 4) is 0 Å². The van der Waals surface area contributed by atoms with Crippen molar-refractivity contribution in [3.05, 3.63) is 0 Å². The van der Waals surface area contributed by atoms with Gasteiger partial charge in [0.05, 0.1) is 10.8 Å². The van der Waals surface area contributed by atoms with Crippen LogP contribution in [-0.4, -0.2) is 59.0 Å². The lowest BCUT2D eigenvalue weighted by Gasteiger charge is -2.38. The van der Waals surface area contributed by atoms with Crippen LogP contribution in [0, 0.1) is 10.8 Å². The molecule has 0 spiro atoms. The number of piperidine rings is 1. The van der Waals surface area contributed by atoms with Crippen LogP contribution in [0.1, 0.15) is 33.1 Å². The number of carboxylic acids is 1. The molecule has 3 amide bonds. The van der Waals surface area contributed by atoms with E-state index in [0.29, 0.717) is 45.4 Å². The fourth-order valence-corrected chi connectivity index (χ4v) is 2.93. The molecule has 0 aromatic heterocycles. The van der Waals surface area contributed by atoms with E-state index in [9.17, 15) is 19.5 Å². The van der Waals surface area contributed by atoms with Crippen LogP contribution in [0.3, 0.4) is 0 Å². The number of carbonyl (C=O) groups is 3. The zero-order valence-corrected chi connectivity index (χ0v) is 12.6. The fraction of sp³-hybridized carbons (Fsp3) is 0.786. The summed E-state index contributed by atoms with van der Waals surface area (Å²) in [4.78, 5) is 38.4. The van der Waals surface area contributed by atoms with Crippen molar-refractivity contribution in [2.75, 3.05) is 26.2 Å². The van der Waals surface area contributed by atoms with Crippen molar-refractivity contribution < 1.29 is 19.5 Å². The van der Waals surface area contributed by atoms with Crippen LogP contribution in [0.4, 0.5) is 4.79 Å². The Kier molecular flexibility index (Phi) is 3.86. The van der Waals surface area contributed by atoms with Crippen LogP contribution in [-0.2, 0) is 9.59 Å². The van der Waals surface area contributed by atoms with Gasteiger partial charge in [0.25, 0.3) is 0 Å². The summed E-state index contributed by atoms with van der Waals surface area (Å²) in [6.07, 6.45) is 1.48. The Morgan fingerprint density at radius 3 is 1.86 bits per heavy atom. The van der Waals surface area contributed by atoms with Gasteiger partial charge in [-0.25, -0.2) is 4.79 Å². The SMILES string of the molecule is CC1(C(N)=O)CCN(C(=O)N2CCC(C)(C(=O)O)CC2)C1. The second-order valence-corrected chi connectivity index (χ2v) is 6.73. The van der Waals surface area contributed by atoms with E-state index in [4.69, 9.17) is 5.73 Å². The van der Waals surface area contributed by atoms with E-state index < -0.39 is 16.8 Å². The second kappa shape index (κ2) is 5.20. The molecular formula is C14H23N3O4. The smallest absolute Gasteiger partial charge is 0.320 e. The maximum atomic E-state index is 12.4. The molecule has 118 valence electrons. The van der Waals surface area contributed by atoms with Crippen molar-refractivity contribution >= 4 is 17.9 Å². The molecule has 7 heteroatoms. The molecule has 0 aliphatic carbocycles. The van der Waals surface area contributed by atoms with Crippen molar-refractivity contribution in [1.29, 1.82) is 0 Å². The summed E-state index contributed by atoms with van der Waals surface area (Å²) in [7, 11) is 0. The van der Waals surface area contributed by atoms with E-state index in [1.165, 1.54) is 0 Å². The highest BCUT2D eigenvalue weighted by Crippen LogP contribution is 2.33. The molecule has 2 aliphatic heterocycles. The minimum Gasteiger partial charge on any atom is -0.481 e. The highest BCUT2D eigenvalue weighted by molar-refractivity contribution is 5.83. The lowest BCUT2D eigenvalue weighted by molar-refractivity contribution is -0.150. The molecule has 1 atom stereocenters. The number of urea groups is 1. The fourth-order valence-electron chi connectivity index (χ4n) is 2.93. The summed E-state index contributed by atoms with van der Waals surface area (Å²) < 4.78 is 0. The molecule has 2 saturated heterocycles. The van der Waals surface area contributed by atoms with Crippen LogP contribution in [0.15, 0.2) is 0 Å². The van der Waals surface area contributed by atoms with Crippen LogP contribution >= 0.6 is 0 Å². The quantitative estimate of drug-likeness (QED) is 0.774. The predicted octanol–water partition coefficient (Wildman–Crippen LogP) is 0.490. The van der Waals surface area contributed by atoms with E-state index in [0.717, 1.165) is 0 Å². The van der Waals surface area contributed by atoms with Gasteiger partial charge in [-0.3, -0.25) is 9.59 Å². The number of aliphatic carboxylic acids is 1. The molecule has 0 saturated carbocycles. The third-order valence-electron chi connectivity index (χ3n) is 4.99. The first kappa shape index (κ1) is 15.6. The van der Waals surface area contributed by atoms with Crippen LogP contribution in [0.2, 0.25) is 0 Å². The average Bonchev–Trinajstić information content (AvgIpc) is 2.83. The summed E-state index contributed by atoms with van der Waals surface area (Å²) in [6.45, 7) is 5.23. The van der Waals surface area contributed by atoms with Crippen LogP contribution < -0.4 is 5.73 Å². The number of nitrogens with two attached hydrogens (primary N) is 1. The maximum Gasteiger partial charge on any atom is 0.320 e. The zero-order chi connectivity index (χ0) is 15.8. The Morgan fingerprint density at radius 1 is 0.952 bits per heavy atom. The van der Waals surface area contributed by atoms with Gasteiger partial charge >= 0.3 is 12.0 Å². The van der Waals surface area contributed by atoms with E-state index in [2.05, 4.69) is 0 Å². The monoisotopic (exact) mass is 297 g/mol. The molecular weight excluding hydrogens is 274 g/mol. The Hall–Kier alpha value is -1.79. The number of carboxylic acid groups (broad SMARTS) is 1. The van der Waals surface area contributed by atoms with E-state index in [1.807, 2.05) is 0 Å². The molecule has 0 aromatic rings. The number of nitrogens with zero attached hydrogens (tertiary/aromatic N) is 2. The first-order valence-electron chi connectivity index (χ1n) is 7.25. The molecule has 2 fully saturated rings. The summed E-state index contributed by atoms with van der Waals surface area (Å²) in [5, 5.41) is 9.20. The number of amides is 3.